The summed E-state index contributed by atoms with van der Waals surface area (Å²) in [5, 5.41) is 16.3. The van der Waals surface area contributed by atoms with E-state index in [2.05, 4.69) is 27.4 Å². The minimum Gasteiger partial charge on any atom is -0.493 e. The molecule has 1 aromatic rings. The van der Waals surface area contributed by atoms with Crippen molar-refractivity contribution in [2.45, 2.75) is 45.3 Å². The Hall–Kier alpha value is -1.26. The Kier molecular flexibility index (Phi) is 13.0. The first-order valence-electron chi connectivity index (χ1n) is 10.3. The third-order valence-electron chi connectivity index (χ3n) is 4.75. The molecular formula is C21H37IN4O3. The van der Waals surface area contributed by atoms with Gasteiger partial charge < -0.3 is 30.1 Å². The first kappa shape index (κ1) is 25.8. The number of guanidine groups is 1. The highest BCUT2D eigenvalue weighted by Crippen LogP contribution is 2.26. The van der Waals surface area contributed by atoms with E-state index in [1.165, 1.54) is 0 Å². The van der Waals surface area contributed by atoms with Gasteiger partial charge in [0.15, 0.2) is 17.5 Å². The van der Waals surface area contributed by atoms with Crippen LogP contribution in [0.1, 0.15) is 33.1 Å². The van der Waals surface area contributed by atoms with Gasteiger partial charge in [-0.2, -0.15) is 0 Å². The highest BCUT2D eigenvalue weighted by atomic mass is 127. The Morgan fingerprint density at radius 3 is 2.59 bits per heavy atom. The summed E-state index contributed by atoms with van der Waals surface area (Å²) in [4.78, 5) is 7.06. The first-order chi connectivity index (χ1) is 13.6. The summed E-state index contributed by atoms with van der Waals surface area (Å²) in [6, 6.07) is 7.65. The van der Waals surface area contributed by atoms with Crippen molar-refractivity contribution >= 4 is 29.9 Å². The van der Waals surface area contributed by atoms with Crippen LogP contribution in [0.4, 0.5) is 0 Å². The van der Waals surface area contributed by atoms with Gasteiger partial charge in [0.25, 0.3) is 0 Å². The number of aliphatic hydroxyl groups excluding tert-OH is 1. The molecule has 0 aliphatic carbocycles. The topological polar surface area (TPSA) is 78.4 Å². The molecule has 1 fully saturated rings. The number of hydrogen-bond donors (Lipinski definition) is 3. The van der Waals surface area contributed by atoms with Gasteiger partial charge in [-0.25, -0.2) is 4.99 Å². The van der Waals surface area contributed by atoms with E-state index < -0.39 is 0 Å². The molecule has 166 valence electrons. The third-order valence-corrected chi connectivity index (χ3v) is 4.75. The second kappa shape index (κ2) is 14.7. The quantitative estimate of drug-likeness (QED) is 0.191. The fraction of sp³-hybridized carbons (Fsp3) is 0.667. The molecule has 1 saturated heterocycles. The first-order valence-corrected chi connectivity index (χ1v) is 10.3. The van der Waals surface area contributed by atoms with Crippen molar-refractivity contribution in [2.75, 3.05) is 46.4 Å². The Labute approximate surface area is 192 Å². The predicted molar refractivity (Wildman–Crippen MR) is 129 cm³/mol. The molecule has 8 heteroatoms. The highest BCUT2D eigenvalue weighted by Gasteiger charge is 2.16. The second-order valence-corrected chi connectivity index (χ2v) is 7.15. The lowest BCUT2D eigenvalue weighted by molar-refractivity contribution is 0.0823. The summed E-state index contributed by atoms with van der Waals surface area (Å²) >= 11 is 0. The average Bonchev–Trinajstić information content (AvgIpc) is 2.71. The number of hydrogen-bond acceptors (Lipinski definition) is 5. The number of aliphatic hydroxyl groups is 1. The molecule has 0 spiro atoms. The second-order valence-electron chi connectivity index (χ2n) is 7.15. The molecule has 29 heavy (non-hydrogen) atoms. The number of benzene rings is 1. The number of ether oxygens (including phenoxy) is 2. The van der Waals surface area contributed by atoms with E-state index in [0.29, 0.717) is 6.54 Å². The number of aliphatic imine (C=N–C) groups is 1. The van der Waals surface area contributed by atoms with E-state index in [-0.39, 0.29) is 36.2 Å². The van der Waals surface area contributed by atoms with E-state index in [1.807, 2.05) is 31.2 Å². The summed E-state index contributed by atoms with van der Waals surface area (Å²) in [7, 11) is 1.64. The number of likely N-dealkylation sites (tertiary alicyclic amines) is 1. The number of rotatable bonds is 10. The van der Waals surface area contributed by atoms with Gasteiger partial charge in [-0.3, -0.25) is 0 Å². The SMILES string of the molecule is CCNC(=NCC(C)Oc1ccccc1OC)NCCCN1CCC(O)CC1.I. The molecule has 1 atom stereocenters. The minimum atomic E-state index is -0.109. The maximum atomic E-state index is 9.58. The molecule has 1 aliphatic rings. The van der Waals surface area contributed by atoms with Gasteiger partial charge in [0.2, 0.25) is 0 Å². The van der Waals surface area contributed by atoms with Crippen LogP contribution < -0.4 is 20.1 Å². The lowest BCUT2D eigenvalue weighted by atomic mass is 10.1. The van der Waals surface area contributed by atoms with E-state index in [9.17, 15) is 5.11 Å². The van der Waals surface area contributed by atoms with E-state index in [1.54, 1.807) is 7.11 Å². The standard InChI is InChI=1S/C21H36N4O3.HI/c1-4-22-21(23-12-7-13-25-14-10-18(26)11-15-25)24-16-17(2)28-20-9-6-5-8-19(20)27-3;/h5-6,8-9,17-18,26H,4,7,10-16H2,1-3H3,(H2,22,23,24);1H. The van der Waals surface area contributed by atoms with E-state index in [4.69, 9.17) is 9.47 Å². The molecule has 0 aromatic heterocycles. The zero-order chi connectivity index (χ0) is 20.2. The van der Waals surface area contributed by atoms with Crippen LogP contribution >= 0.6 is 24.0 Å². The van der Waals surface area contributed by atoms with Crippen LogP contribution in [0, 0.1) is 0 Å². The predicted octanol–water partition coefficient (Wildman–Crippen LogP) is 2.48. The van der Waals surface area contributed by atoms with Gasteiger partial charge in [-0.1, -0.05) is 12.1 Å². The van der Waals surface area contributed by atoms with E-state index in [0.717, 1.165) is 69.4 Å². The molecule has 0 saturated carbocycles. The van der Waals surface area contributed by atoms with Gasteiger partial charge >= 0.3 is 0 Å². The molecule has 0 radical (unpaired) electrons. The average molecular weight is 520 g/mol. The zero-order valence-corrected chi connectivity index (χ0v) is 20.2. The van der Waals surface area contributed by atoms with Crippen molar-refractivity contribution < 1.29 is 14.6 Å². The van der Waals surface area contributed by atoms with Crippen LogP contribution in [0.15, 0.2) is 29.3 Å². The van der Waals surface area contributed by atoms with Crippen molar-refractivity contribution in [3.05, 3.63) is 24.3 Å². The summed E-state index contributed by atoms with van der Waals surface area (Å²) in [5.74, 6) is 2.28. The van der Waals surface area contributed by atoms with E-state index >= 15 is 0 Å². The largest absolute Gasteiger partial charge is 0.493 e. The molecule has 3 N–H and O–H groups in total. The van der Waals surface area contributed by atoms with Gasteiger partial charge in [-0.15, -0.1) is 24.0 Å². The van der Waals surface area contributed by atoms with Gasteiger partial charge in [0.05, 0.1) is 19.8 Å². The lowest BCUT2D eigenvalue weighted by Gasteiger charge is -2.29. The van der Waals surface area contributed by atoms with Gasteiger partial charge in [-0.05, 0) is 51.8 Å². The van der Waals surface area contributed by atoms with Crippen LogP contribution in [0.2, 0.25) is 0 Å². The Bertz CT molecular complexity index is 595. The molecule has 1 heterocycles. The number of para-hydroxylation sites is 2. The maximum absolute atomic E-state index is 9.58. The molecule has 1 aliphatic heterocycles. The molecule has 7 nitrogen and oxygen atoms in total. The van der Waals surface area contributed by atoms with Crippen molar-refractivity contribution in [2.24, 2.45) is 4.99 Å². The maximum Gasteiger partial charge on any atom is 0.191 e. The van der Waals surface area contributed by atoms with Crippen molar-refractivity contribution in [3.8, 4) is 11.5 Å². The smallest absolute Gasteiger partial charge is 0.191 e. The summed E-state index contributed by atoms with van der Waals surface area (Å²) < 4.78 is 11.3. The van der Waals surface area contributed by atoms with Crippen LogP contribution in [-0.2, 0) is 0 Å². The summed E-state index contributed by atoms with van der Waals surface area (Å²) in [6.45, 7) is 9.34. The summed E-state index contributed by atoms with van der Waals surface area (Å²) in [6.07, 6.45) is 2.66. The zero-order valence-electron chi connectivity index (χ0n) is 17.9. The normalized spacial score (nSPS) is 16.6. The molecule has 1 aromatic carbocycles. The van der Waals surface area contributed by atoms with Gasteiger partial charge in [0, 0.05) is 26.2 Å². The lowest BCUT2D eigenvalue weighted by Crippen LogP contribution is -2.40. The summed E-state index contributed by atoms with van der Waals surface area (Å²) in [5.41, 5.74) is 0. The highest BCUT2D eigenvalue weighted by molar-refractivity contribution is 14.0. The third kappa shape index (κ3) is 9.86. The van der Waals surface area contributed by atoms with Crippen LogP contribution in [0.25, 0.3) is 0 Å². The number of piperidine rings is 1. The molecule has 0 bridgehead atoms. The fourth-order valence-electron chi connectivity index (χ4n) is 3.18. The number of nitrogens with zero attached hydrogens (tertiary/aromatic N) is 2. The van der Waals surface area contributed by atoms with Crippen LogP contribution in [0.3, 0.4) is 0 Å². The molecule has 1 unspecified atom stereocenters. The number of methoxy groups -OCH3 is 1. The fourth-order valence-corrected chi connectivity index (χ4v) is 3.18. The monoisotopic (exact) mass is 520 g/mol. The molecular weight excluding hydrogens is 483 g/mol. The Morgan fingerprint density at radius 1 is 1.24 bits per heavy atom. The Morgan fingerprint density at radius 2 is 1.93 bits per heavy atom. The number of nitrogens with one attached hydrogen (secondary N) is 2. The van der Waals surface area contributed by atoms with Gasteiger partial charge in [0.1, 0.15) is 6.10 Å². The van der Waals surface area contributed by atoms with Crippen molar-refractivity contribution in [1.82, 2.24) is 15.5 Å². The molecule has 0 amide bonds. The Balaban J connectivity index is 0.00000420. The van der Waals surface area contributed by atoms with Crippen LogP contribution in [0.5, 0.6) is 11.5 Å². The minimum absolute atomic E-state index is 0. The van der Waals surface area contributed by atoms with Crippen molar-refractivity contribution in [1.29, 1.82) is 0 Å². The van der Waals surface area contributed by atoms with Crippen molar-refractivity contribution in [3.63, 3.8) is 0 Å². The number of halogens is 1. The van der Waals surface area contributed by atoms with Crippen LogP contribution in [-0.4, -0.2) is 74.6 Å². The molecule has 2 rings (SSSR count).